The molecule has 3 aliphatic rings. The van der Waals surface area contributed by atoms with E-state index in [1.54, 1.807) is 0 Å². The van der Waals surface area contributed by atoms with Crippen molar-refractivity contribution in [1.82, 2.24) is 9.13 Å². The van der Waals surface area contributed by atoms with Crippen molar-refractivity contribution in [3.63, 3.8) is 0 Å². The molecule has 15 rings (SSSR count). The van der Waals surface area contributed by atoms with Crippen LogP contribution in [0.1, 0.15) is 61.1 Å². The molecular formula is C67H50Br2N2. The molecule has 0 saturated carbocycles. The van der Waals surface area contributed by atoms with Crippen LogP contribution in [0.15, 0.2) is 227 Å². The Bertz CT molecular complexity index is 3760. The van der Waals surface area contributed by atoms with Gasteiger partial charge < -0.3 is 9.13 Å². The van der Waals surface area contributed by atoms with Gasteiger partial charge in [0.05, 0.1) is 22.1 Å². The summed E-state index contributed by atoms with van der Waals surface area (Å²) in [5.74, 6) is 0. The molecule has 0 spiro atoms. The highest BCUT2D eigenvalue weighted by Gasteiger charge is 2.37. The van der Waals surface area contributed by atoms with Gasteiger partial charge in [-0.1, -0.05) is 205 Å². The number of aromatic nitrogens is 2. The number of nitrogens with zero attached hydrogens (tertiary/aromatic N) is 2. The molecule has 4 heteroatoms. The van der Waals surface area contributed by atoms with Crippen LogP contribution in [0.2, 0.25) is 0 Å². The summed E-state index contributed by atoms with van der Waals surface area (Å²) in [5.41, 5.74) is 24.1. The molecule has 3 aliphatic carbocycles. The van der Waals surface area contributed by atoms with Gasteiger partial charge in [0.1, 0.15) is 0 Å². The van der Waals surface area contributed by atoms with Crippen LogP contribution in [0.5, 0.6) is 0 Å². The first-order chi connectivity index (χ1) is 34.6. The second-order valence-corrected chi connectivity index (χ2v) is 22.2. The Kier molecular flexibility index (Phi) is 10.3. The van der Waals surface area contributed by atoms with E-state index in [2.05, 4.69) is 287 Å². The second kappa shape index (κ2) is 16.7. The molecule has 12 aromatic rings. The average molecular weight is 1040 g/mol. The van der Waals surface area contributed by atoms with Crippen molar-refractivity contribution >= 4 is 75.5 Å². The molecule has 0 unspecified atom stereocenters. The van der Waals surface area contributed by atoms with Crippen LogP contribution in [0, 0.1) is 0 Å². The number of para-hydroxylation sites is 4. The Balaban J connectivity index is 0.000000133. The number of hydrogen-bond acceptors (Lipinski definition) is 0. The van der Waals surface area contributed by atoms with E-state index in [1.165, 1.54) is 122 Å². The molecule has 0 atom stereocenters. The van der Waals surface area contributed by atoms with Gasteiger partial charge in [0.25, 0.3) is 0 Å². The summed E-state index contributed by atoms with van der Waals surface area (Å²) < 4.78 is 7.15. The fourth-order valence-electron chi connectivity index (χ4n) is 12.2. The van der Waals surface area contributed by atoms with Gasteiger partial charge in [0.2, 0.25) is 0 Å². The largest absolute Gasteiger partial charge is 0.309 e. The maximum absolute atomic E-state index is 3.57. The van der Waals surface area contributed by atoms with Gasteiger partial charge in [-0.15, -0.1) is 0 Å². The van der Waals surface area contributed by atoms with Gasteiger partial charge in [-0.3, -0.25) is 0 Å². The third kappa shape index (κ3) is 6.94. The minimum atomic E-state index is -0.131. The lowest BCUT2D eigenvalue weighted by Gasteiger charge is -2.23. The average Bonchev–Trinajstić information content (AvgIpc) is 4.16. The Morgan fingerprint density at radius 1 is 0.310 bits per heavy atom. The number of halogens is 2. The maximum atomic E-state index is 3.57. The highest BCUT2D eigenvalue weighted by atomic mass is 79.9. The van der Waals surface area contributed by atoms with Gasteiger partial charge in [-0.25, -0.2) is 0 Å². The van der Waals surface area contributed by atoms with Crippen molar-refractivity contribution in [3.05, 3.63) is 261 Å². The summed E-state index contributed by atoms with van der Waals surface area (Å²) in [6.45, 7) is 9.33. The van der Waals surface area contributed by atoms with Crippen molar-refractivity contribution < 1.29 is 0 Å². The van der Waals surface area contributed by atoms with E-state index < -0.39 is 0 Å². The van der Waals surface area contributed by atoms with Gasteiger partial charge in [0, 0.05) is 52.7 Å². The van der Waals surface area contributed by atoms with Crippen LogP contribution in [-0.4, -0.2) is 9.13 Å². The van der Waals surface area contributed by atoms with Crippen LogP contribution in [0.25, 0.3) is 88.4 Å². The van der Waals surface area contributed by atoms with Gasteiger partial charge in [-0.05, 0) is 146 Å². The predicted molar refractivity (Wildman–Crippen MR) is 307 cm³/mol. The topological polar surface area (TPSA) is 9.86 Å². The predicted octanol–water partition coefficient (Wildman–Crippen LogP) is 19.0. The fourth-order valence-corrected chi connectivity index (χ4v) is 12.9. The van der Waals surface area contributed by atoms with Gasteiger partial charge >= 0.3 is 0 Å². The van der Waals surface area contributed by atoms with E-state index >= 15 is 0 Å². The summed E-state index contributed by atoms with van der Waals surface area (Å²) in [6, 6.07) is 79.5. The summed E-state index contributed by atoms with van der Waals surface area (Å²) in [5, 5.41) is 5.17. The van der Waals surface area contributed by atoms with E-state index in [0.29, 0.717) is 0 Å². The van der Waals surface area contributed by atoms with Crippen LogP contribution in [0.4, 0.5) is 0 Å². The fraction of sp³-hybridized carbons (Fsp3) is 0.104. The molecule has 0 bridgehead atoms. The van der Waals surface area contributed by atoms with Crippen LogP contribution in [0.3, 0.4) is 0 Å². The molecule has 2 heterocycles. The van der Waals surface area contributed by atoms with Crippen LogP contribution in [-0.2, 0) is 17.3 Å². The molecule has 0 amide bonds. The van der Waals surface area contributed by atoms with Crippen LogP contribution >= 0.6 is 31.9 Å². The van der Waals surface area contributed by atoms with E-state index in [9.17, 15) is 0 Å². The standard InChI is InChI=1S/C39H28N2.C15H12Br2.C13H10/c1-39(2)33-23-25(40-35-15-7-3-11-29(35)30-12-4-8-16-36(30)40)19-21-27(33)28-22-20-26(24-34(28)39)41-37-17-9-5-13-31(37)32-14-6-10-18-38(32)41;1-15(2)13-7-9(16)3-5-11(13)12-6-4-10(17)8-14(12)15;1-3-7-12-10(5-1)9-11-6-2-4-8-13(11)12/h3-24H,1-2H3;3-8H,1-2H3;1-8H,9H2. The summed E-state index contributed by atoms with van der Waals surface area (Å²) in [6.07, 6.45) is 1.10. The first-order valence-electron chi connectivity index (χ1n) is 24.6. The Morgan fingerprint density at radius 3 is 0.972 bits per heavy atom. The lowest BCUT2D eigenvalue weighted by Crippen LogP contribution is -2.16. The summed E-state index contributed by atoms with van der Waals surface area (Å²) in [4.78, 5) is 0. The first-order valence-corrected chi connectivity index (χ1v) is 26.2. The summed E-state index contributed by atoms with van der Waals surface area (Å²) >= 11 is 7.13. The number of rotatable bonds is 2. The molecule has 10 aromatic carbocycles. The quantitative estimate of drug-likeness (QED) is 0.163. The monoisotopic (exact) mass is 1040 g/mol. The minimum Gasteiger partial charge on any atom is -0.309 e. The smallest absolute Gasteiger partial charge is 0.0541 e. The Hall–Kier alpha value is -7.24. The Morgan fingerprint density at radius 2 is 0.606 bits per heavy atom. The van der Waals surface area contributed by atoms with Crippen LogP contribution < -0.4 is 0 Å². The van der Waals surface area contributed by atoms with Crippen molar-refractivity contribution in [2.75, 3.05) is 0 Å². The van der Waals surface area contributed by atoms with Crippen molar-refractivity contribution in [2.24, 2.45) is 0 Å². The van der Waals surface area contributed by atoms with Crippen molar-refractivity contribution in [2.45, 2.75) is 44.9 Å². The summed E-state index contributed by atoms with van der Waals surface area (Å²) in [7, 11) is 0. The van der Waals surface area contributed by atoms with Gasteiger partial charge in [-0.2, -0.15) is 0 Å². The molecular weight excluding hydrogens is 993 g/mol. The SMILES string of the molecule is CC1(C)c2cc(-n3c4ccccc4c4ccccc43)ccc2-c2ccc(-n3c4ccccc4c4ccccc43)cc21.CC1(C)c2cc(Br)ccc2-c2ccc(Br)cc21.c1ccc2c(c1)Cc1ccccc1-2. The maximum Gasteiger partial charge on any atom is 0.0541 e. The van der Waals surface area contributed by atoms with E-state index in [1.807, 2.05) is 0 Å². The molecule has 2 aromatic heterocycles. The highest BCUT2D eigenvalue weighted by molar-refractivity contribution is 9.10. The van der Waals surface area contributed by atoms with Crippen molar-refractivity contribution in [1.29, 1.82) is 0 Å². The third-order valence-corrected chi connectivity index (χ3v) is 16.6. The molecule has 0 saturated heterocycles. The zero-order chi connectivity index (χ0) is 48.2. The highest BCUT2D eigenvalue weighted by Crippen LogP contribution is 2.52. The Labute approximate surface area is 432 Å². The van der Waals surface area contributed by atoms with E-state index in [4.69, 9.17) is 0 Å². The minimum absolute atomic E-state index is 0.0816. The lowest BCUT2D eigenvalue weighted by molar-refractivity contribution is 0.659. The molecule has 71 heavy (non-hydrogen) atoms. The molecule has 342 valence electrons. The first kappa shape index (κ1) is 43.8. The van der Waals surface area contributed by atoms with E-state index in [-0.39, 0.29) is 10.8 Å². The number of benzene rings is 10. The molecule has 2 nitrogen and oxygen atoms in total. The zero-order valence-corrected chi connectivity index (χ0v) is 43.3. The number of hydrogen-bond donors (Lipinski definition) is 0. The normalized spacial score (nSPS) is 13.9. The van der Waals surface area contributed by atoms with Gasteiger partial charge in [0.15, 0.2) is 0 Å². The second-order valence-electron chi connectivity index (χ2n) is 20.3. The number of fused-ring (bicyclic) bond motifs is 15. The molecule has 0 aliphatic heterocycles. The molecule has 0 radical (unpaired) electrons. The lowest BCUT2D eigenvalue weighted by atomic mass is 9.82. The zero-order valence-electron chi connectivity index (χ0n) is 40.1. The van der Waals surface area contributed by atoms with E-state index in [0.717, 1.165) is 15.4 Å². The molecule has 0 N–H and O–H groups in total. The third-order valence-electron chi connectivity index (χ3n) is 15.6. The van der Waals surface area contributed by atoms with Crippen molar-refractivity contribution in [3.8, 4) is 44.8 Å². The molecule has 0 fully saturated rings.